The molecule has 0 aromatic heterocycles. The van der Waals surface area contributed by atoms with E-state index in [1.807, 2.05) is 0 Å². The Morgan fingerprint density at radius 3 is 2.60 bits per heavy atom. The van der Waals surface area contributed by atoms with Gasteiger partial charge in [0.05, 0.1) is 12.2 Å². The molecule has 2 aromatic carbocycles. The van der Waals surface area contributed by atoms with Crippen molar-refractivity contribution in [1.82, 2.24) is 0 Å². The van der Waals surface area contributed by atoms with Gasteiger partial charge in [-0.05, 0) is 42.8 Å². The maximum atomic E-state index is 13.6. The molecule has 0 aliphatic carbocycles. The van der Waals surface area contributed by atoms with Crippen LogP contribution in [0.25, 0.3) is 11.1 Å². The molecule has 20 heavy (non-hydrogen) atoms. The second-order valence-corrected chi connectivity index (χ2v) is 4.92. The molecule has 0 bridgehead atoms. The first-order chi connectivity index (χ1) is 9.51. The van der Waals surface area contributed by atoms with Gasteiger partial charge in [-0.1, -0.05) is 29.3 Å². The number of benzene rings is 2. The van der Waals surface area contributed by atoms with Crippen LogP contribution in [-0.2, 0) is 4.74 Å². The molecule has 0 unspecified atom stereocenters. The van der Waals surface area contributed by atoms with E-state index in [0.717, 1.165) is 6.07 Å². The Labute approximate surface area is 126 Å². The second-order valence-electron chi connectivity index (χ2n) is 4.07. The van der Waals surface area contributed by atoms with Gasteiger partial charge in [0.15, 0.2) is 0 Å². The first-order valence-corrected chi connectivity index (χ1v) is 6.70. The van der Waals surface area contributed by atoms with Crippen molar-refractivity contribution in [3.05, 3.63) is 57.8 Å². The van der Waals surface area contributed by atoms with E-state index in [-0.39, 0.29) is 12.2 Å². The highest BCUT2D eigenvalue weighted by atomic mass is 35.5. The topological polar surface area (TPSA) is 26.3 Å². The molecule has 0 atom stereocenters. The van der Waals surface area contributed by atoms with Crippen LogP contribution < -0.4 is 0 Å². The van der Waals surface area contributed by atoms with Gasteiger partial charge < -0.3 is 4.74 Å². The van der Waals surface area contributed by atoms with Crippen molar-refractivity contribution < 1.29 is 13.9 Å². The standard InChI is InChI=1S/C15H11Cl2FO2/c1-2-20-15(19)10-5-9(6-12(18)7-10)13-4-3-11(16)8-14(13)17/h3-8H,2H2,1H3. The van der Waals surface area contributed by atoms with Gasteiger partial charge in [0, 0.05) is 15.6 Å². The minimum absolute atomic E-state index is 0.146. The Morgan fingerprint density at radius 2 is 1.95 bits per heavy atom. The molecule has 0 amide bonds. The van der Waals surface area contributed by atoms with Crippen LogP contribution in [0.5, 0.6) is 0 Å². The van der Waals surface area contributed by atoms with Crippen LogP contribution in [0.4, 0.5) is 4.39 Å². The summed E-state index contributed by atoms with van der Waals surface area (Å²) in [6.07, 6.45) is 0. The second kappa shape index (κ2) is 6.25. The number of ether oxygens (including phenoxy) is 1. The summed E-state index contributed by atoms with van der Waals surface area (Å²) in [6.45, 7) is 1.92. The Hall–Kier alpha value is -1.58. The SMILES string of the molecule is CCOC(=O)c1cc(F)cc(-c2ccc(Cl)cc2Cl)c1. The van der Waals surface area contributed by atoms with E-state index in [4.69, 9.17) is 27.9 Å². The number of carbonyl (C=O) groups excluding carboxylic acids is 1. The van der Waals surface area contributed by atoms with Crippen molar-refractivity contribution in [1.29, 1.82) is 0 Å². The first-order valence-electron chi connectivity index (χ1n) is 5.94. The quantitative estimate of drug-likeness (QED) is 0.747. The third-order valence-corrected chi connectivity index (χ3v) is 3.20. The zero-order chi connectivity index (χ0) is 14.7. The highest BCUT2D eigenvalue weighted by molar-refractivity contribution is 6.36. The lowest BCUT2D eigenvalue weighted by Gasteiger charge is -2.08. The van der Waals surface area contributed by atoms with Gasteiger partial charge in [0.25, 0.3) is 0 Å². The highest BCUT2D eigenvalue weighted by Crippen LogP contribution is 2.31. The van der Waals surface area contributed by atoms with E-state index in [2.05, 4.69) is 0 Å². The largest absolute Gasteiger partial charge is 0.462 e. The molecule has 0 aliphatic heterocycles. The van der Waals surface area contributed by atoms with Crippen LogP contribution in [0.3, 0.4) is 0 Å². The average molecular weight is 313 g/mol. The number of hydrogen-bond acceptors (Lipinski definition) is 2. The lowest BCUT2D eigenvalue weighted by atomic mass is 10.0. The summed E-state index contributed by atoms with van der Waals surface area (Å²) in [7, 11) is 0. The van der Waals surface area contributed by atoms with Gasteiger partial charge in [-0.3, -0.25) is 0 Å². The molecule has 0 saturated carbocycles. The van der Waals surface area contributed by atoms with Crippen LogP contribution in [-0.4, -0.2) is 12.6 Å². The summed E-state index contributed by atoms with van der Waals surface area (Å²) in [5, 5.41) is 0.874. The van der Waals surface area contributed by atoms with E-state index < -0.39 is 11.8 Å². The Morgan fingerprint density at radius 1 is 1.20 bits per heavy atom. The number of carbonyl (C=O) groups is 1. The first kappa shape index (κ1) is 14.8. The van der Waals surface area contributed by atoms with Crippen LogP contribution in [0.1, 0.15) is 17.3 Å². The molecule has 2 nitrogen and oxygen atoms in total. The van der Waals surface area contributed by atoms with E-state index in [0.29, 0.717) is 21.2 Å². The van der Waals surface area contributed by atoms with Crippen molar-refractivity contribution in [2.24, 2.45) is 0 Å². The fourth-order valence-electron chi connectivity index (χ4n) is 1.80. The molecule has 5 heteroatoms. The predicted octanol–water partition coefficient (Wildman–Crippen LogP) is 4.98. The zero-order valence-electron chi connectivity index (χ0n) is 10.6. The molecular formula is C15H11Cl2FO2. The zero-order valence-corrected chi connectivity index (χ0v) is 12.1. The fraction of sp³-hybridized carbons (Fsp3) is 0.133. The summed E-state index contributed by atoms with van der Waals surface area (Å²) in [4.78, 5) is 11.7. The molecular weight excluding hydrogens is 302 g/mol. The van der Waals surface area contributed by atoms with E-state index in [1.165, 1.54) is 12.1 Å². The molecule has 0 heterocycles. The summed E-state index contributed by atoms with van der Waals surface area (Å²) in [5.74, 6) is -1.10. The molecule has 0 fully saturated rings. The average Bonchev–Trinajstić information content (AvgIpc) is 2.38. The third kappa shape index (κ3) is 3.30. The van der Waals surface area contributed by atoms with Crippen LogP contribution in [0.15, 0.2) is 36.4 Å². The number of hydrogen-bond donors (Lipinski definition) is 0. The molecule has 0 N–H and O–H groups in total. The number of rotatable bonds is 3. The summed E-state index contributed by atoms with van der Waals surface area (Å²) >= 11 is 11.9. The molecule has 0 saturated heterocycles. The fourth-order valence-corrected chi connectivity index (χ4v) is 2.32. The number of halogens is 3. The molecule has 0 radical (unpaired) electrons. The smallest absolute Gasteiger partial charge is 0.338 e. The van der Waals surface area contributed by atoms with Crippen LogP contribution in [0, 0.1) is 5.82 Å². The monoisotopic (exact) mass is 312 g/mol. The maximum absolute atomic E-state index is 13.6. The molecule has 2 rings (SSSR count). The Bertz CT molecular complexity index is 656. The lowest BCUT2D eigenvalue weighted by Crippen LogP contribution is -2.05. The van der Waals surface area contributed by atoms with Gasteiger partial charge in [-0.25, -0.2) is 9.18 Å². The maximum Gasteiger partial charge on any atom is 0.338 e. The normalized spacial score (nSPS) is 10.4. The molecule has 2 aromatic rings. The van der Waals surface area contributed by atoms with Crippen LogP contribution >= 0.6 is 23.2 Å². The Balaban J connectivity index is 2.49. The third-order valence-electron chi connectivity index (χ3n) is 2.65. The van der Waals surface area contributed by atoms with Crippen molar-refractivity contribution in [2.75, 3.05) is 6.61 Å². The van der Waals surface area contributed by atoms with E-state index in [9.17, 15) is 9.18 Å². The minimum Gasteiger partial charge on any atom is -0.462 e. The predicted molar refractivity (Wildman–Crippen MR) is 77.8 cm³/mol. The Kier molecular flexibility index (Phi) is 4.63. The molecule has 104 valence electrons. The highest BCUT2D eigenvalue weighted by Gasteiger charge is 2.12. The number of esters is 1. The minimum atomic E-state index is -0.571. The van der Waals surface area contributed by atoms with Gasteiger partial charge >= 0.3 is 5.97 Å². The van der Waals surface area contributed by atoms with Gasteiger partial charge in [0.2, 0.25) is 0 Å². The molecule has 0 spiro atoms. The summed E-state index contributed by atoms with van der Waals surface area (Å²) < 4.78 is 18.5. The van der Waals surface area contributed by atoms with Gasteiger partial charge in [0.1, 0.15) is 5.82 Å². The van der Waals surface area contributed by atoms with E-state index >= 15 is 0 Å². The summed E-state index contributed by atoms with van der Waals surface area (Å²) in [5.41, 5.74) is 1.24. The van der Waals surface area contributed by atoms with Crippen molar-refractivity contribution in [3.63, 3.8) is 0 Å². The van der Waals surface area contributed by atoms with E-state index in [1.54, 1.807) is 25.1 Å². The van der Waals surface area contributed by atoms with Gasteiger partial charge in [-0.2, -0.15) is 0 Å². The van der Waals surface area contributed by atoms with Crippen molar-refractivity contribution >= 4 is 29.2 Å². The van der Waals surface area contributed by atoms with Crippen molar-refractivity contribution in [2.45, 2.75) is 6.92 Å². The summed E-state index contributed by atoms with van der Waals surface area (Å²) in [6, 6.07) is 8.86. The lowest BCUT2D eigenvalue weighted by molar-refractivity contribution is 0.0526. The van der Waals surface area contributed by atoms with Gasteiger partial charge in [-0.15, -0.1) is 0 Å². The van der Waals surface area contributed by atoms with Crippen molar-refractivity contribution in [3.8, 4) is 11.1 Å². The molecule has 0 aliphatic rings. The van der Waals surface area contributed by atoms with Crippen LogP contribution in [0.2, 0.25) is 10.0 Å².